The third-order valence-electron chi connectivity index (χ3n) is 4.37. The summed E-state index contributed by atoms with van der Waals surface area (Å²) in [6.45, 7) is 2.77. The van der Waals surface area contributed by atoms with E-state index in [1.54, 1.807) is 4.31 Å². The topological polar surface area (TPSA) is 43.4 Å². The summed E-state index contributed by atoms with van der Waals surface area (Å²) < 4.78 is 14.1. The maximum Gasteiger partial charge on any atom is 0.272 e. The highest BCUT2D eigenvalue weighted by atomic mass is 32.2. The van der Waals surface area contributed by atoms with E-state index in [0.29, 0.717) is 18.4 Å². The van der Waals surface area contributed by atoms with E-state index in [-0.39, 0.29) is 17.1 Å². The normalized spacial score (nSPS) is 43.3. The number of amides is 1. The third-order valence-corrected chi connectivity index (χ3v) is 6.28. The second kappa shape index (κ2) is 4.32. The maximum absolute atomic E-state index is 12.4. The first-order chi connectivity index (χ1) is 8.24. The minimum Gasteiger partial charge on any atom is -0.593 e. The lowest BCUT2D eigenvalue weighted by atomic mass is 9.68. The van der Waals surface area contributed by atoms with Gasteiger partial charge in [0.2, 0.25) is 0 Å². The highest BCUT2D eigenvalue weighted by Crippen LogP contribution is 2.49. The lowest BCUT2D eigenvalue weighted by Crippen LogP contribution is -2.42. The minimum atomic E-state index is -1.08. The van der Waals surface area contributed by atoms with Crippen LogP contribution in [0.25, 0.3) is 0 Å². The van der Waals surface area contributed by atoms with E-state index < -0.39 is 11.4 Å². The largest absolute Gasteiger partial charge is 0.593 e. The fourth-order valence-corrected chi connectivity index (χ4v) is 5.45. The molecule has 0 spiro atoms. The molecule has 0 N–H and O–H groups in total. The quantitative estimate of drug-likeness (QED) is 0.569. The molecule has 2 fully saturated rings. The summed E-state index contributed by atoms with van der Waals surface area (Å²) >= 11 is -1.08. The average Bonchev–Trinajstić information content (AvgIpc) is 2.64. The standard InChI is InChI=1S/C13H19NO2S/c1-2-3-8-14-13(15)11-9-4-6-10(7-5-9)12(11)17(14)16/h4,6,9-12H,2-3,5,7-8H2,1H3/t9-,10+,11-,12+,17?/m0/s1. The summed E-state index contributed by atoms with van der Waals surface area (Å²) in [5.74, 6) is 0.909. The van der Waals surface area contributed by atoms with Crippen LogP contribution in [0.2, 0.25) is 0 Å². The first kappa shape index (κ1) is 11.6. The molecule has 4 heteroatoms. The second-order valence-corrected chi connectivity index (χ2v) is 6.89. The van der Waals surface area contributed by atoms with Crippen molar-refractivity contribution in [2.75, 3.05) is 6.54 Å². The zero-order chi connectivity index (χ0) is 12.0. The van der Waals surface area contributed by atoms with Crippen LogP contribution in [0.3, 0.4) is 0 Å². The smallest absolute Gasteiger partial charge is 0.272 e. The Kier molecular flexibility index (Phi) is 2.95. The molecule has 1 amide bonds. The number of hydrogen-bond acceptors (Lipinski definition) is 2. The average molecular weight is 253 g/mol. The predicted octanol–water partition coefficient (Wildman–Crippen LogP) is 1.87. The highest BCUT2D eigenvalue weighted by Gasteiger charge is 2.60. The molecule has 3 nitrogen and oxygen atoms in total. The number of nitrogens with zero attached hydrogens (tertiary/aromatic N) is 1. The SMILES string of the molecule is CCCCN1C(=O)[C@@H]2[C@@H]([C@@H]3C=C[C@H]2CC3)[S+]1[O-]. The molecule has 3 aliphatic carbocycles. The molecule has 5 atom stereocenters. The van der Waals surface area contributed by atoms with Crippen molar-refractivity contribution in [3.8, 4) is 0 Å². The summed E-state index contributed by atoms with van der Waals surface area (Å²) in [7, 11) is 0. The molecule has 1 heterocycles. The van der Waals surface area contributed by atoms with Gasteiger partial charge in [-0.3, -0.25) is 4.79 Å². The molecule has 0 aromatic carbocycles. The Balaban J connectivity index is 1.83. The Morgan fingerprint density at radius 1 is 1.41 bits per heavy atom. The van der Waals surface area contributed by atoms with Crippen LogP contribution in [0, 0.1) is 17.8 Å². The van der Waals surface area contributed by atoms with Crippen LogP contribution in [0.5, 0.6) is 0 Å². The Labute approximate surface area is 106 Å². The van der Waals surface area contributed by atoms with Gasteiger partial charge in [-0.1, -0.05) is 25.5 Å². The Hall–Kier alpha value is -0.480. The first-order valence-electron chi connectivity index (χ1n) is 6.64. The number of unbranched alkanes of at least 4 members (excludes halogenated alkanes) is 1. The fraction of sp³-hybridized carbons (Fsp3) is 0.769. The van der Waals surface area contributed by atoms with Gasteiger partial charge in [-0.05, 0) is 25.2 Å². The second-order valence-electron chi connectivity index (χ2n) is 5.35. The van der Waals surface area contributed by atoms with Crippen molar-refractivity contribution >= 4 is 17.3 Å². The number of fused-ring (bicyclic) bond motifs is 1. The molecular weight excluding hydrogens is 234 g/mol. The van der Waals surface area contributed by atoms with Crippen molar-refractivity contribution in [3.63, 3.8) is 0 Å². The van der Waals surface area contributed by atoms with Gasteiger partial charge >= 0.3 is 0 Å². The molecule has 94 valence electrons. The molecule has 4 rings (SSSR count). The molecule has 17 heavy (non-hydrogen) atoms. The molecule has 4 aliphatic rings. The van der Waals surface area contributed by atoms with E-state index in [9.17, 15) is 9.35 Å². The molecule has 0 radical (unpaired) electrons. The van der Waals surface area contributed by atoms with E-state index in [2.05, 4.69) is 19.1 Å². The van der Waals surface area contributed by atoms with E-state index in [1.807, 2.05) is 0 Å². The Morgan fingerprint density at radius 3 is 2.71 bits per heavy atom. The van der Waals surface area contributed by atoms with Crippen LogP contribution < -0.4 is 0 Å². The Morgan fingerprint density at radius 2 is 2.12 bits per heavy atom. The summed E-state index contributed by atoms with van der Waals surface area (Å²) in [6.07, 6.45) is 8.61. The van der Waals surface area contributed by atoms with E-state index in [1.165, 1.54) is 0 Å². The minimum absolute atomic E-state index is 0.0245. The van der Waals surface area contributed by atoms with Crippen LogP contribution in [0.4, 0.5) is 0 Å². The van der Waals surface area contributed by atoms with Gasteiger partial charge in [-0.25, -0.2) is 0 Å². The van der Waals surface area contributed by atoms with Gasteiger partial charge in [0.1, 0.15) is 0 Å². The zero-order valence-corrected chi connectivity index (χ0v) is 11.0. The van der Waals surface area contributed by atoms with Crippen LogP contribution in [0.1, 0.15) is 32.6 Å². The number of hydrogen-bond donors (Lipinski definition) is 0. The predicted molar refractivity (Wildman–Crippen MR) is 67.4 cm³/mol. The van der Waals surface area contributed by atoms with Crippen LogP contribution >= 0.6 is 0 Å². The van der Waals surface area contributed by atoms with Gasteiger partial charge in [0, 0.05) is 5.92 Å². The van der Waals surface area contributed by atoms with Gasteiger partial charge < -0.3 is 4.55 Å². The van der Waals surface area contributed by atoms with Gasteiger partial charge in [0.25, 0.3) is 5.91 Å². The molecule has 1 aliphatic heterocycles. The van der Waals surface area contributed by atoms with Crippen molar-refractivity contribution in [2.24, 2.45) is 17.8 Å². The van der Waals surface area contributed by atoms with Gasteiger partial charge in [-0.15, -0.1) is 0 Å². The fourth-order valence-electron chi connectivity index (χ4n) is 3.45. The van der Waals surface area contributed by atoms with Crippen LogP contribution in [-0.2, 0) is 16.2 Å². The number of allylic oxidation sites excluding steroid dienone is 2. The summed E-state index contributed by atoms with van der Waals surface area (Å²) in [6, 6.07) is 0. The van der Waals surface area contributed by atoms with E-state index in [0.717, 1.165) is 25.7 Å². The van der Waals surface area contributed by atoms with Crippen molar-refractivity contribution in [1.29, 1.82) is 0 Å². The maximum atomic E-state index is 12.4. The zero-order valence-electron chi connectivity index (χ0n) is 10.2. The molecule has 0 aromatic heterocycles. The summed E-state index contributed by atoms with van der Waals surface area (Å²) in [4.78, 5) is 12.3. The molecular formula is C13H19NO2S. The Bertz CT molecular complexity index is 357. The molecule has 2 bridgehead atoms. The monoisotopic (exact) mass is 253 g/mol. The van der Waals surface area contributed by atoms with Crippen LogP contribution in [-0.4, -0.2) is 26.6 Å². The number of carbonyl (C=O) groups excluding carboxylic acids is 1. The van der Waals surface area contributed by atoms with Gasteiger partial charge in [0.15, 0.2) is 5.25 Å². The number of carbonyl (C=O) groups is 1. The lowest BCUT2D eigenvalue weighted by molar-refractivity contribution is -0.131. The summed E-state index contributed by atoms with van der Waals surface area (Å²) in [5.41, 5.74) is 0. The lowest BCUT2D eigenvalue weighted by Gasteiger charge is -2.37. The van der Waals surface area contributed by atoms with Crippen LogP contribution in [0.15, 0.2) is 12.2 Å². The third kappa shape index (κ3) is 1.65. The number of rotatable bonds is 3. The summed E-state index contributed by atoms with van der Waals surface area (Å²) in [5, 5.41) is 0.0862. The first-order valence-corrected chi connectivity index (χ1v) is 7.81. The van der Waals surface area contributed by atoms with Crippen molar-refractivity contribution in [1.82, 2.24) is 4.31 Å². The van der Waals surface area contributed by atoms with Crippen molar-refractivity contribution < 1.29 is 9.35 Å². The van der Waals surface area contributed by atoms with Gasteiger partial charge in [0.05, 0.1) is 23.8 Å². The van der Waals surface area contributed by atoms with E-state index >= 15 is 0 Å². The van der Waals surface area contributed by atoms with Gasteiger partial charge in [-0.2, -0.15) is 4.31 Å². The molecule has 1 saturated heterocycles. The van der Waals surface area contributed by atoms with Crippen molar-refractivity contribution in [2.45, 2.75) is 37.9 Å². The van der Waals surface area contributed by atoms with Crippen molar-refractivity contribution in [3.05, 3.63) is 12.2 Å². The molecule has 1 saturated carbocycles. The highest BCUT2D eigenvalue weighted by molar-refractivity contribution is 7.90. The van der Waals surface area contributed by atoms with E-state index in [4.69, 9.17) is 0 Å². The molecule has 1 unspecified atom stereocenters. The molecule has 0 aromatic rings.